The van der Waals surface area contributed by atoms with Crippen molar-refractivity contribution in [3.8, 4) is 6.07 Å². The lowest BCUT2D eigenvalue weighted by atomic mass is 10.1. The molecule has 0 spiro atoms. The predicted molar refractivity (Wildman–Crippen MR) is 79.5 cm³/mol. The zero-order valence-electron chi connectivity index (χ0n) is 11.3. The number of piperazine rings is 1. The van der Waals surface area contributed by atoms with Gasteiger partial charge in [0.25, 0.3) is 0 Å². The van der Waals surface area contributed by atoms with Crippen molar-refractivity contribution >= 4 is 17.3 Å². The van der Waals surface area contributed by atoms with Crippen LogP contribution in [0.1, 0.15) is 19.8 Å². The van der Waals surface area contributed by atoms with E-state index in [2.05, 4.69) is 28.9 Å². The summed E-state index contributed by atoms with van der Waals surface area (Å²) in [4.78, 5) is 4.80. The smallest absolute Gasteiger partial charge is 0.0638 e. The summed E-state index contributed by atoms with van der Waals surface area (Å²) in [5.74, 6) is 0. The average molecular weight is 278 g/mol. The van der Waals surface area contributed by atoms with Gasteiger partial charge in [0.2, 0.25) is 0 Å². The van der Waals surface area contributed by atoms with E-state index >= 15 is 0 Å². The van der Waals surface area contributed by atoms with Crippen LogP contribution in [-0.4, -0.2) is 37.1 Å². The maximum atomic E-state index is 8.86. The van der Waals surface area contributed by atoms with Gasteiger partial charge in [0.15, 0.2) is 0 Å². The summed E-state index contributed by atoms with van der Waals surface area (Å²) in [5, 5.41) is 9.65. The summed E-state index contributed by atoms with van der Waals surface area (Å²) in [6.45, 7) is 6.20. The van der Waals surface area contributed by atoms with Crippen LogP contribution in [0, 0.1) is 11.3 Å². The van der Waals surface area contributed by atoms with Crippen LogP contribution in [0.15, 0.2) is 24.3 Å². The SMILES string of the molecule is CCC(CC#N)N1CCN(c2cccc(Cl)c2)CC1. The first-order chi connectivity index (χ1) is 9.24. The first kappa shape index (κ1) is 14.2. The van der Waals surface area contributed by atoms with E-state index in [-0.39, 0.29) is 0 Å². The van der Waals surface area contributed by atoms with E-state index in [0.29, 0.717) is 12.5 Å². The highest BCUT2D eigenvalue weighted by Crippen LogP contribution is 2.22. The fraction of sp³-hybridized carbons (Fsp3) is 0.533. The Morgan fingerprint density at radius 2 is 2.05 bits per heavy atom. The highest BCUT2D eigenvalue weighted by molar-refractivity contribution is 6.30. The largest absolute Gasteiger partial charge is 0.369 e. The summed E-state index contributed by atoms with van der Waals surface area (Å²) in [5.41, 5.74) is 1.19. The number of nitriles is 1. The van der Waals surface area contributed by atoms with Gasteiger partial charge in [0.05, 0.1) is 12.5 Å². The number of rotatable bonds is 4. The molecule has 1 aliphatic heterocycles. The summed E-state index contributed by atoms with van der Waals surface area (Å²) in [6, 6.07) is 10.7. The third kappa shape index (κ3) is 3.62. The Hall–Kier alpha value is -1.24. The zero-order valence-corrected chi connectivity index (χ0v) is 12.1. The molecule has 0 amide bonds. The van der Waals surface area contributed by atoms with Crippen molar-refractivity contribution in [2.24, 2.45) is 0 Å². The molecule has 19 heavy (non-hydrogen) atoms. The van der Waals surface area contributed by atoms with Crippen molar-refractivity contribution in [3.05, 3.63) is 29.3 Å². The Balaban J connectivity index is 1.94. The summed E-state index contributed by atoms with van der Waals surface area (Å²) in [7, 11) is 0. The molecule has 0 radical (unpaired) electrons. The number of nitrogens with zero attached hydrogens (tertiary/aromatic N) is 3. The summed E-state index contributed by atoms with van der Waals surface area (Å²) in [6.07, 6.45) is 1.68. The van der Waals surface area contributed by atoms with Gasteiger partial charge in [0, 0.05) is 42.9 Å². The third-order valence-corrected chi connectivity index (χ3v) is 4.04. The van der Waals surface area contributed by atoms with Crippen molar-refractivity contribution in [2.75, 3.05) is 31.1 Å². The standard InChI is InChI=1S/C15H20ClN3/c1-2-14(6-7-17)18-8-10-19(11-9-18)15-5-3-4-13(16)12-15/h3-5,12,14H,2,6,8-11H2,1H3. The molecule has 2 rings (SSSR count). The van der Waals surface area contributed by atoms with Crippen LogP contribution in [0.25, 0.3) is 0 Å². The Labute approximate surface area is 120 Å². The minimum Gasteiger partial charge on any atom is -0.369 e. The molecule has 0 N–H and O–H groups in total. The molecule has 0 aromatic heterocycles. The molecular formula is C15H20ClN3. The quantitative estimate of drug-likeness (QED) is 0.847. The first-order valence-electron chi connectivity index (χ1n) is 6.86. The van der Waals surface area contributed by atoms with Crippen LogP contribution in [0.2, 0.25) is 5.02 Å². The van der Waals surface area contributed by atoms with Gasteiger partial charge < -0.3 is 4.90 Å². The fourth-order valence-corrected chi connectivity index (χ4v) is 2.84. The van der Waals surface area contributed by atoms with Gasteiger partial charge in [-0.3, -0.25) is 4.90 Å². The predicted octanol–water partition coefficient (Wildman–Crippen LogP) is 3.15. The van der Waals surface area contributed by atoms with Crippen molar-refractivity contribution in [1.82, 2.24) is 4.90 Å². The minimum absolute atomic E-state index is 0.409. The van der Waals surface area contributed by atoms with E-state index in [9.17, 15) is 0 Å². The van der Waals surface area contributed by atoms with Gasteiger partial charge in [-0.2, -0.15) is 5.26 Å². The molecule has 102 valence electrons. The van der Waals surface area contributed by atoms with Gasteiger partial charge in [-0.05, 0) is 24.6 Å². The minimum atomic E-state index is 0.409. The van der Waals surface area contributed by atoms with Crippen LogP contribution < -0.4 is 4.90 Å². The lowest BCUT2D eigenvalue weighted by Crippen LogP contribution is -2.50. The van der Waals surface area contributed by atoms with E-state index in [4.69, 9.17) is 16.9 Å². The maximum Gasteiger partial charge on any atom is 0.0638 e. The second-order valence-corrected chi connectivity index (χ2v) is 5.36. The lowest BCUT2D eigenvalue weighted by Gasteiger charge is -2.39. The molecule has 4 heteroatoms. The van der Waals surface area contributed by atoms with E-state index in [1.54, 1.807) is 0 Å². The molecule has 1 aromatic carbocycles. The Morgan fingerprint density at radius 3 is 2.63 bits per heavy atom. The van der Waals surface area contributed by atoms with Gasteiger partial charge in [-0.15, -0.1) is 0 Å². The number of hydrogen-bond acceptors (Lipinski definition) is 3. The Morgan fingerprint density at radius 1 is 1.32 bits per heavy atom. The second-order valence-electron chi connectivity index (χ2n) is 4.93. The maximum absolute atomic E-state index is 8.86. The molecule has 1 heterocycles. The van der Waals surface area contributed by atoms with E-state index in [1.807, 2.05) is 18.2 Å². The van der Waals surface area contributed by atoms with Crippen LogP contribution in [0.4, 0.5) is 5.69 Å². The third-order valence-electron chi connectivity index (χ3n) is 3.80. The Kier molecular flexibility index (Phi) is 5.07. The van der Waals surface area contributed by atoms with Gasteiger partial charge in [-0.1, -0.05) is 24.6 Å². The van der Waals surface area contributed by atoms with Crippen LogP contribution in [0.5, 0.6) is 0 Å². The molecule has 1 aromatic rings. The molecule has 0 aliphatic carbocycles. The number of anilines is 1. The van der Waals surface area contributed by atoms with Gasteiger partial charge >= 0.3 is 0 Å². The topological polar surface area (TPSA) is 30.3 Å². The number of halogens is 1. The normalized spacial score (nSPS) is 18.1. The van der Waals surface area contributed by atoms with E-state index < -0.39 is 0 Å². The first-order valence-corrected chi connectivity index (χ1v) is 7.24. The number of hydrogen-bond donors (Lipinski definition) is 0. The molecule has 3 nitrogen and oxygen atoms in total. The lowest BCUT2D eigenvalue weighted by molar-refractivity contribution is 0.182. The van der Waals surface area contributed by atoms with Crippen molar-refractivity contribution in [3.63, 3.8) is 0 Å². The summed E-state index contributed by atoms with van der Waals surface area (Å²) >= 11 is 6.03. The Bertz CT molecular complexity index is 447. The van der Waals surface area contributed by atoms with Crippen molar-refractivity contribution in [1.29, 1.82) is 5.26 Å². The van der Waals surface area contributed by atoms with Gasteiger partial charge in [-0.25, -0.2) is 0 Å². The fourth-order valence-electron chi connectivity index (χ4n) is 2.66. The van der Waals surface area contributed by atoms with Crippen molar-refractivity contribution < 1.29 is 0 Å². The molecule has 1 atom stereocenters. The van der Waals surface area contributed by atoms with Crippen LogP contribution >= 0.6 is 11.6 Å². The summed E-state index contributed by atoms with van der Waals surface area (Å²) < 4.78 is 0. The molecule has 1 aliphatic rings. The van der Waals surface area contributed by atoms with Gasteiger partial charge in [0.1, 0.15) is 0 Å². The monoisotopic (exact) mass is 277 g/mol. The van der Waals surface area contributed by atoms with E-state index in [1.165, 1.54) is 5.69 Å². The molecule has 0 bridgehead atoms. The number of benzene rings is 1. The molecular weight excluding hydrogens is 258 g/mol. The molecule has 0 saturated carbocycles. The van der Waals surface area contributed by atoms with Crippen molar-refractivity contribution in [2.45, 2.75) is 25.8 Å². The second kappa shape index (κ2) is 6.79. The average Bonchev–Trinajstić information content (AvgIpc) is 2.45. The van der Waals surface area contributed by atoms with Crippen LogP contribution in [-0.2, 0) is 0 Å². The highest BCUT2D eigenvalue weighted by atomic mass is 35.5. The zero-order chi connectivity index (χ0) is 13.7. The van der Waals surface area contributed by atoms with E-state index in [0.717, 1.165) is 37.6 Å². The van der Waals surface area contributed by atoms with Crippen LogP contribution in [0.3, 0.4) is 0 Å². The molecule has 1 unspecified atom stereocenters. The molecule has 1 saturated heterocycles. The highest BCUT2D eigenvalue weighted by Gasteiger charge is 2.22. The molecule has 1 fully saturated rings.